The molecule has 0 bridgehead atoms. The van der Waals surface area contributed by atoms with Crippen molar-refractivity contribution in [2.24, 2.45) is 5.73 Å². The molecule has 2 N–H and O–H groups in total. The van der Waals surface area contributed by atoms with Crippen LogP contribution in [0.3, 0.4) is 0 Å². The largest absolute Gasteiger partial charge is 0.323 e. The van der Waals surface area contributed by atoms with Crippen LogP contribution in [0.5, 0.6) is 0 Å². The van der Waals surface area contributed by atoms with Crippen LogP contribution in [0.15, 0.2) is 24.3 Å². The van der Waals surface area contributed by atoms with Crippen LogP contribution >= 0.6 is 0 Å². The maximum absolute atomic E-state index is 6.29. The zero-order chi connectivity index (χ0) is 13.0. The second kappa shape index (κ2) is 6.35. The Kier molecular flexibility index (Phi) is 4.79. The fraction of sp³-hybridized carbons (Fsp3) is 0.625. The molecule has 1 fully saturated rings. The van der Waals surface area contributed by atoms with Crippen molar-refractivity contribution in [1.82, 2.24) is 4.90 Å². The number of hydrogen-bond acceptors (Lipinski definition) is 2. The summed E-state index contributed by atoms with van der Waals surface area (Å²) in [5.41, 5.74) is 8.99. The molecule has 18 heavy (non-hydrogen) atoms. The predicted molar refractivity (Wildman–Crippen MR) is 77.8 cm³/mol. The van der Waals surface area contributed by atoms with E-state index in [1.165, 1.54) is 43.5 Å². The van der Waals surface area contributed by atoms with Gasteiger partial charge in [0.2, 0.25) is 0 Å². The summed E-state index contributed by atoms with van der Waals surface area (Å²) in [5.74, 6) is 0.647. The number of nitrogens with zero attached hydrogens (tertiary/aromatic N) is 1. The van der Waals surface area contributed by atoms with E-state index in [0.29, 0.717) is 5.92 Å². The third kappa shape index (κ3) is 3.33. The van der Waals surface area contributed by atoms with E-state index in [2.05, 4.69) is 43.0 Å². The molecule has 1 heterocycles. The lowest BCUT2D eigenvalue weighted by Gasteiger charge is -2.21. The maximum Gasteiger partial charge on any atom is 0.0424 e. The van der Waals surface area contributed by atoms with Gasteiger partial charge in [0.05, 0.1) is 0 Å². The van der Waals surface area contributed by atoms with E-state index in [1.54, 1.807) is 0 Å². The Hall–Kier alpha value is -0.860. The first-order valence-corrected chi connectivity index (χ1v) is 7.28. The Balaban J connectivity index is 1.95. The van der Waals surface area contributed by atoms with Crippen molar-refractivity contribution >= 4 is 0 Å². The normalized spacial score (nSPS) is 19.9. The van der Waals surface area contributed by atoms with E-state index in [-0.39, 0.29) is 6.04 Å². The highest BCUT2D eigenvalue weighted by Gasteiger charge is 2.16. The summed E-state index contributed by atoms with van der Waals surface area (Å²) in [5, 5.41) is 0. The highest BCUT2D eigenvalue weighted by atomic mass is 15.1. The summed E-state index contributed by atoms with van der Waals surface area (Å²) in [6.45, 7) is 7.96. The molecule has 1 aliphatic heterocycles. The van der Waals surface area contributed by atoms with Crippen LogP contribution in [0.4, 0.5) is 0 Å². The van der Waals surface area contributed by atoms with Crippen LogP contribution in [0.1, 0.15) is 56.2 Å². The van der Waals surface area contributed by atoms with Crippen molar-refractivity contribution in [1.29, 1.82) is 0 Å². The van der Waals surface area contributed by atoms with Crippen molar-refractivity contribution in [3.05, 3.63) is 35.4 Å². The van der Waals surface area contributed by atoms with Gasteiger partial charge in [-0.15, -0.1) is 0 Å². The van der Waals surface area contributed by atoms with Gasteiger partial charge in [0.1, 0.15) is 0 Å². The fourth-order valence-corrected chi connectivity index (χ4v) is 2.66. The molecule has 0 aromatic heterocycles. The molecule has 2 heteroatoms. The smallest absolute Gasteiger partial charge is 0.0424 e. The molecular weight excluding hydrogens is 220 g/mol. The van der Waals surface area contributed by atoms with E-state index in [9.17, 15) is 0 Å². The average molecular weight is 246 g/mol. The van der Waals surface area contributed by atoms with Crippen molar-refractivity contribution in [2.75, 3.05) is 19.6 Å². The molecule has 0 radical (unpaired) electrons. The Bertz CT molecular complexity index is 352. The van der Waals surface area contributed by atoms with E-state index < -0.39 is 0 Å². The average Bonchev–Trinajstić information content (AvgIpc) is 2.91. The van der Waals surface area contributed by atoms with E-state index in [1.807, 2.05) is 0 Å². The van der Waals surface area contributed by atoms with Crippen molar-refractivity contribution < 1.29 is 0 Å². The summed E-state index contributed by atoms with van der Waals surface area (Å²) in [4.78, 5) is 2.48. The summed E-state index contributed by atoms with van der Waals surface area (Å²) in [6.07, 6.45) is 3.86. The molecule has 0 saturated carbocycles. The molecule has 2 atom stereocenters. The van der Waals surface area contributed by atoms with Gasteiger partial charge in [-0.25, -0.2) is 0 Å². The number of nitrogens with two attached hydrogens (primary N) is 1. The van der Waals surface area contributed by atoms with Gasteiger partial charge in [-0.2, -0.15) is 0 Å². The van der Waals surface area contributed by atoms with Crippen molar-refractivity contribution in [3.8, 4) is 0 Å². The Morgan fingerprint density at radius 1 is 1.11 bits per heavy atom. The monoisotopic (exact) mass is 246 g/mol. The number of rotatable bonds is 5. The maximum atomic E-state index is 6.29. The van der Waals surface area contributed by atoms with E-state index in [4.69, 9.17) is 5.73 Å². The quantitative estimate of drug-likeness (QED) is 0.863. The second-order valence-electron chi connectivity index (χ2n) is 5.59. The van der Waals surface area contributed by atoms with Gasteiger partial charge in [0, 0.05) is 12.6 Å². The molecule has 2 nitrogen and oxygen atoms in total. The van der Waals surface area contributed by atoms with E-state index >= 15 is 0 Å². The molecular formula is C16H26N2. The van der Waals surface area contributed by atoms with Crippen LogP contribution in [0.2, 0.25) is 0 Å². The number of benzene rings is 1. The minimum atomic E-state index is 0.161. The topological polar surface area (TPSA) is 29.3 Å². The lowest BCUT2D eigenvalue weighted by atomic mass is 9.96. The molecule has 0 aliphatic carbocycles. The Morgan fingerprint density at radius 3 is 2.22 bits per heavy atom. The first-order chi connectivity index (χ1) is 8.70. The number of hydrogen-bond donors (Lipinski definition) is 1. The minimum absolute atomic E-state index is 0.161. The van der Waals surface area contributed by atoms with Crippen molar-refractivity contribution in [2.45, 2.75) is 45.1 Å². The van der Waals surface area contributed by atoms with Crippen LogP contribution in [0, 0.1) is 0 Å². The van der Waals surface area contributed by atoms with Gasteiger partial charge >= 0.3 is 0 Å². The molecule has 100 valence electrons. The third-order valence-electron chi connectivity index (χ3n) is 4.20. The first-order valence-electron chi connectivity index (χ1n) is 7.28. The highest BCUT2D eigenvalue weighted by Crippen LogP contribution is 2.21. The van der Waals surface area contributed by atoms with Gasteiger partial charge < -0.3 is 10.6 Å². The SMILES string of the molecule is CCC(C)c1ccc(C(N)CN2CCCC2)cc1. The lowest BCUT2D eigenvalue weighted by molar-refractivity contribution is 0.316. The first kappa shape index (κ1) is 13.6. The summed E-state index contributed by atoms with van der Waals surface area (Å²) in [6, 6.07) is 9.07. The minimum Gasteiger partial charge on any atom is -0.323 e. The molecule has 2 rings (SSSR count). The molecule has 1 aromatic rings. The van der Waals surface area contributed by atoms with Gasteiger partial charge in [-0.1, -0.05) is 38.1 Å². The summed E-state index contributed by atoms with van der Waals surface area (Å²) >= 11 is 0. The summed E-state index contributed by atoms with van der Waals surface area (Å²) in [7, 11) is 0. The van der Waals surface area contributed by atoms with Crippen LogP contribution < -0.4 is 5.73 Å². The fourth-order valence-electron chi connectivity index (χ4n) is 2.66. The predicted octanol–water partition coefficient (Wildman–Crippen LogP) is 3.30. The van der Waals surface area contributed by atoms with Gasteiger partial charge in [0.25, 0.3) is 0 Å². The third-order valence-corrected chi connectivity index (χ3v) is 4.20. The zero-order valence-corrected chi connectivity index (χ0v) is 11.7. The molecule has 2 unspecified atom stereocenters. The van der Waals surface area contributed by atoms with Gasteiger partial charge in [-0.3, -0.25) is 0 Å². The second-order valence-corrected chi connectivity index (χ2v) is 5.59. The summed E-state index contributed by atoms with van der Waals surface area (Å²) < 4.78 is 0. The van der Waals surface area contributed by atoms with Crippen LogP contribution in [-0.2, 0) is 0 Å². The van der Waals surface area contributed by atoms with E-state index in [0.717, 1.165) is 6.54 Å². The van der Waals surface area contributed by atoms with Crippen molar-refractivity contribution in [3.63, 3.8) is 0 Å². The van der Waals surface area contributed by atoms with Crippen LogP contribution in [0.25, 0.3) is 0 Å². The molecule has 1 aliphatic rings. The molecule has 1 aromatic carbocycles. The molecule has 1 saturated heterocycles. The standard InChI is InChI=1S/C16H26N2/c1-3-13(2)14-6-8-15(9-7-14)16(17)12-18-10-4-5-11-18/h6-9,13,16H,3-5,10-12,17H2,1-2H3. The highest BCUT2D eigenvalue weighted by molar-refractivity contribution is 5.27. The van der Waals surface area contributed by atoms with Crippen LogP contribution in [-0.4, -0.2) is 24.5 Å². The molecule has 0 spiro atoms. The van der Waals surface area contributed by atoms with Gasteiger partial charge in [0.15, 0.2) is 0 Å². The van der Waals surface area contributed by atoms with Gasteiger partial charge in [-0.05, 0) is 49.4 Å². The number of likely N-dealkylation sites (tertiary alicyclic amines) is 1. The molecule has 0 amide bonds. The Morgan fingerprint density at radius 2 is 1.67 bits per heavy atom. The lowest BCUT2D eigenvalue weighted by Crippen LogP contribution is -2.29. The zero-order valence-electron chi connectivity index (χ0n) is 11.7. The Labute approximate surface area is 111 Å².